The first kappa shape index (κ1) is 25.1. The van der Waals surface area contributed by atoms with E-state index in [0.717, 1.165) is 64.5 Å². The predicted molar refractivity (Wildman–Crippen MR) is 150 cm³/mol. The largest absolute Gasteiger partial charge is 0.490 e. The van der Waals surface area contributed by atoms with Gasteiger partial charge in [0, 0.05) is 30.3 Å². The summed E-state index contributed by atoms with van der Waals surface area (Å²) in [6, 6.07) is 16.4. The molecular weight excluding hydrogens is 496 g/mol. The van der Waals surface area contributed by atoms with Crippen LogP contribution in [0, 0.1) is 0 Å². The van der Waals surface area contributed by atoms with Gasteiger partial charge in [-0.25, -0.2) is 14.3 Å². The third kappa shape index (κ3) is 5.33. The molecule has 2 aliphatic rings. The number of fused-ring (bicyclic) bond motifs is 1. The maximum atomic E-state index is 12.0. The Bertz CT molecular complexity index is 1370. The van der Waals surface area contributed by atoms with Crippen LogP contribution in [0.25, 0.3) is 26.8 Å². The first-order chi connectivity index (χ1) is 18.7. The smallest absolute Gasteiger partial charge is 0.338 e. The molecule has 8 heteroatoms. The molecule has 198 valence electrons. The van der Waals surface area contributed by atoms with Gasteiger partial charge in [-0.05, 0) is 69.0 Å². The van der Waals surface area contributed by atoms with Crippen molar-refractivity contribution in [1.29, 1.82) is 0 Å². The lowest BCUT2D eigenvalue weighted by Crippen LogP contribution is -2.44. The summed E-state index contributed by atoms with van der Waals surface area (Å²) in [5.41, 5.74) is 3.41. The molecule has 1 saturated carbocycles. The number of hydrogen-bond donors (Lipinski definition) is 0. The summed E-state index contributed by atoms with van der Waals surface area (Å²) in [5, 5.41) is 5.75. The maximum absolute atomic E-state index is 12.0. The maximum Gasteiger partial charge on any atom is 0.338 e. The van der Waals surface area contributed by atoms with E-state index < -0.39 is 0 Å². The molecule has 1 aliphatic carbocycles. The Morgan fingerprint density at radius 3 is 2.37 bits per heavy atom. The minimum atomic E-state index is -0.314. The van der Waals surface area contributed by atoms with Gasteiger partial charge in [-0.1, -0.05) is 42.7 Å². The van der Waals surface area contributed by atoms with Gasteiger partial charge in [0.15, 0.2) is 0 Å². The summed E-state index contributed by atoms with van der Waals surface area (Å²) in [7, 11) is 0. The molecule has 1 aliphatic heterocycles. The van der Waals surface area contributed by atoms with E-state index in [4.69, 9.17) is 14.6 Å². The number of aromatic nitrogens is 3. The summed E-state index contributed by atoms with van der Waals surface area (Å²) in [6.07, 6.45) is 11.3. The summed E-state index contributed by atoms with van der Waals surface area (Å²) < 4.78 is 13.3. The van der Waals surface area contributed by atoms with Gasteiger partial charge in [-0.3, -0.25) is 0 Å². The second-order valence-corrected chi connectivity index (χ2v) is 11.2. The second-order valence-electron chi connectivity index (χ2n) is 10.2. The fraction of sp³-hybridized carbons (Fsp3) is 0.433. The van der Waals surface area contributed by atoms with Crippen molar-refractivity contribution in [3.63, 3.8) is 0 Å². The number of piperidine rings is 1. The van der Waals surface area contributed by atoms with Gasteiger partial charge in [0.2, 0.25) is 4.96 Å². The van der Waals surface area contributed by atoms with Crippen LogP contribution in [0.2, 0.25) is 0 Å². The normalized spacial score (nSPS) is 17.6. The van der Waals surface area contributed by atoms with Crippen LogP contribution < -0.4 is 4.74 Å². The second kappa shape index (κ2) is 11.3. The molecule has 7 nitrogen and oxygen atoms in total. The lowest BCUT2D eigenvalue weighted by Gasteiger charge is -2.39. The Morgan fingerprint density at radius 1 is 0.947 bits per heavy atom. The number of benzene rings is 2. The Hall–Kier alpha value is -3.23. The Morgan fingerprint density at radius 2 is 1.66 bits per heavy atom. The van der Waals surface area contributed by atoms with Crippen molar-refractivity contribution in [3.05, 3.63) is 60.3 Å². The van der Waals surface area contributed by atoms with E-state index in [2.05, 4.69) is 34.1 Å². The molecule has 0 radical (unpaired) electrons. The molecule has 2 aromatic carbocycles. The molecule has 0 bridgehead atoms. The van der Waals surface area contributed by atoms with Crippen LogP contribution in [-0.4, -0.2) is 57.3 Å². The number of ether oxygens (including phenoxy) is 2. The molecule has 2 fully saturated rings. The van der Waals surface area contributed by atoms with E-state index in [0.29, 0.717) is 18.3 Å². The van der Waals surface area contributed by atoms with Crippen LogP contribution in [0.1, 0.15) is 62.2 Å². The van der Waals surface area contributed by atoms with E-state index in [-0.39, 0.29) is 5.97 Å². The summed E-state index contributed by atoms with van der Waals surface area (Å²) in [4.78, 5) is 20.1. The number of esters is 1. The van der Waals surface area contributed by atoms with Crippen LogP contribution >= 0.6 is 11.3 Å². The topological polar surface area (TPSA) is 69.0 Å². The van der Waals surface area contributed by atoms with Crippen LogP contribution in [-0.2, 0) is 4.74 Å². The Balaban J connectivity index is 1.10. The van der Waals surface area contributed by atoms with Gasteiger partial charge < -0.3 is 14.4 Å². The number of likely N-dealkylation sites (tertiary alicyclic amines) is 1. The molecule has 2 aromatic heterocycles. The number of imidazole rings is 1. The van der Waals surface area contributed by atoms with E-state index in [1.54, 1.807) is 30.4 Å². The van der Waals surface area contributed by atoms with Crippen molar-refractivity contribution < 1.29 is 14.3 Å². The van der Waals surface area contributed by atoms with Crippen molar-refractivity contribution in [2.75, 3.05) is 19.7 Å². The van der Waals surface area contributed by atoms with Crippen molar-refractivity contribution in [2.45, 2.75) is 64.0 Å². The van der Waals surface area contributed by atoms with Gasteiger partial charge in [-0.2, -0.15) is 5.10 Å². The minimum absolute atomic E-state index is 0.293. The van der Waals surface area contributed by atoms with Gasteiger partial charge in [0.25, 0.3) is 0 Å². The van der Waals surface area contributed by atoms with Crippen molar-refractivity contribution in [1.82, 2.24) is 19.5 Å². The fourth-order valence-corrected chi connectivity index (χ4v) is 6.55. The van der Waals surface area contributed by atoms with Gasteiger partial charge in [0.05, 0.1) is 24.1 Å². The summed E-state index contributed by atoms with van der Waals surface area (Å²) in [6.45, 7) is 4.47. The average molecular weight is 531 g/mol. The third-order valence-corrected chi connectivity index (χ3v) is 8.72. The highest BCUT2D eigenvalue weighted by molar-refractivity contribution is 7.19. The lowest BCUT2D eigenvalue weighted by molar-refractivity contribution is 0.0526. The van der Waals surface area contributed by atoms with E-state index in [1.807, 2.05) is 22.8 Å². The predicted octanol–water partition coefficient (Wildman–Crippen LogP) is 6.48. The number of carbonyl (C=O) groups excluding carboxylic acids is 1. The van der Waals surface area contributed by atoms with Gasteiger partial charge in [-0.15, -0.1) is 0 Å². The Kier molecular flexibility index (Phi) is 7.42. The van der Waals surface area contributed by atoms with Gasteiger partial charge >= 0.3 is 5.97 Å². The molecule has 4 aromatic rings. The molecule has 0 spiro atoms. The zero-order chi connectivity index (χ0) is 25.9. The van der Waals surface area contributed by atoms with Crippen LogP contribution in [0.15, 0.2) is 54.7 Å². The van der Waals surface area contributed by atoms with Crippen LogP contribution in [0.3, 0.4) is 0 Å². The molecule has 0 N–H and O–H groups in total. The SMILES string of the molecule is CCOC(=O)c1ccc(-c2cnc3sc(-c4ccc(OC5CCN(C6CCCCC6)CC5)cc4)nn23)cc1. The summed E-state index contributed by atoms with van der Waals surface area (Å²) >= 11 is 1.56. The van der Waals surface area contributed by atoms with Gasteiger partial charge in [0.1, 0.15) is 16.9 Å². The Labute approximate surface area is 227 Å². The number of nitrogens with zero attached hydrogens (tertiary/aromatic N) is 4. The molecule has 1 saturated heterocycles. The number of carbonyl (C=O) groups is 1. The first-order valence-corrected chi connectivity index (χ1v) is 14.6. The highest BCUT2D eigenvalue weighted by Crippen LogP contribution is 2.31. The van der Waals surface area contributed by atoms with Crippen molar-refractivity contribution in [3.8, 4) is 27.6 Å². The molecule has 0 amide bonds. The molecule has 38 heavy (non-hydrogen) atoms. The molecule has 3 heterocycles. The number of hydrogen-bond acceptors (Lipinski definition) is 7. The monoisotopic (exact) mass is 530 g/mol. The average Bonchev–Trinajstić information content (AvgIpc) is 3.56. The van der Waals surface area contributed by atoms with Crippen molar-refractivity contribution in [2.24, 2.45) is 0 Å². The van der Waals surface area contributed by atoms with E-state index in [1.165, 1.54) is 32.1 Å². The quantitative estimate of drug-likeness (QED) is 0.255. The standard InChI is InChI=1S/C30H34N4O3S/c1-2-36-29(35)23-10-8-21(9-11-23)27-20-31-30-34(27)32-28(38-30)22-12-14-25(15-13-22)37-26-16-18-33(19-17-26)24-6-4-3-5-7-24/h8-15,20,24,26H,2-7,16-19H2,1H3. The lowest BCUT2D eigenvalue weighted by atomic mass is 9.92. The summed E-state index contributed by atoms with van der Waals surface area (Å²) in [5.74, 6) is 0.610. The zero-order valence-corrected chi connectivity index (χ0v) is 22.7. The zero-order valence-electron chi connectivity index (χ0n) is 21.8. The first-order valence-electron chi connectivity index (χ1n) is 13.8. The van der Waals surface area contributed by atoms with Crippen LogP contribution in [0.4, 0.5) is 0 Å². The van der Waals surface area contributed by atoms with E-state index in [9.17, 15) is 4.79 Å². The van der Waals surface area contributed by atoms with E-state index >= 15 is 0 Å². The minimum Gasteiger partial charge on any atom is -0.490 e. The highest BCUT2D eigenvalue weighted by Gasteiger charge is 2.27. The molecule has 6 rings (SSSR count). The van der Waals surface area contributed by atoms with Crippen molar-refractivity contribution >= 4 is 22.3 Å². The number of rotatable bonds is 7. The third-order valence-electron chi connectivity index (χ3n) is 7.75. The highest BCUT2D eigenvalue weighted by atomic mass is 32.1. The fourth-order valence-electron chi connectivity index (χ4n) is 5.67. The molecular formula is C30H34N4O3S. The molecule has 0 unspecified atom stereocenters. The van der Waals surface area contributed by atoms with Crippen LogP contribution in [0.5, 0.6) is 5.75 Å². The molecule has 0 atom stereocenters.